The normalized spacial score (nSPS) is 11.7. The maximum atomic E-state index is 12.6. The van der Waals surface area contributed by atoms with Gasteiger partial charge in [0.05, 0.1) is 5.75 Å². The van der Waals surface area contributed by atoms with Crippen molar-refractivity contribution >= 4 is 35.3 Å². The summed E-state index contributed by atoms with van der Waals surface area (Å²) in [6, 6.07) is 22.6. The van der Waals surface area contributed by atoms with Crippen LogP contribution in [0, 0.1) is 0 Å². The van der Waals surface area contributed by atoms with Gasteiger partial charge in [-0.15, -0.1) is 0 Å². The van der Waals surface area contributed by atoms with E-state index in [1.807, 2.05) is 72.8 Å². The molecule has 5 heteroatoms. The molecule has 1 atom stereocenters. The van der Waals surface area contributed by atoms with Crippen LogP contribution in [0.15, 0.2) is 72.8 Å². The summed E-state index contributed by atoms with van der Waals surface area (Å²) in [5, 5.41) is 4.87. The Morgan fingerprint density at radius 2 is 1.63 bits per heavy atom. The van der Waals surface area contributed by atoms with Crippen LogP contribution in [0.4, 0.5) is 0 Å². The Labute approximate surface area is 164 Å². The molecular weight excluding hydrogens is 358 g/mol. The van der Waals surface area contributed by atoms with E-state index in [4.69, 9.17) is 4.74 Å². The molecule has 3 aromatic carbocycles. The van der Waals surface area contributed by atoms with Crippen LogP contribution in [-0.2, 0) is 27.4 Å². The van der Waals surface area contributed by atoms with E-state index in [9.17, 15) is 9.59 Å². The van der Waals surface area contributed by atoms with Gasteiger partial charge in [-0.25, -0.2) is 4.79 Å². The van der Waals surface area contributed by atoms with Gasteiger partial charge >= 0.3 is 5.97 Å². The number of carbonyl (C=O) groups is 2. The smallest absolute Gasteiger partial charge is 0.329 e. The Hall–Kier alpha value is -2.79. The number of nitrogens with one attached hydrogen (secondary N) is 1. The average molecular weight is 379 g/mol. The highest BCUT2D eigenvalue weighted by Gasteiger charge is 2.23. The van der Waals surface area contributed by atoms with Gasteiger partial charge in [0.1, 0.15) is 12.6 Å². The zero-order valence-electron chi connectivity index (χ0n) is 14.8. The number of ether oxygens (including phenoxy) is 1. The monoisotopic (exact) mass is 379 g/mol. The third kappa shape index (κ3) is 5.11. The molecule has 0 fully saturated rings. The number of rotatable bonds is 7. The number of esters is 1. The molecule has 138 valence electrons. The second-order valence-electron chi connectivity index (χ2n) is 6.21. The van der Waals surface area contributed by atoms with Crippen molar-refractivity contribution in [2.75, 3.05) is 5.75 Å². The van der Waals surface area contributed by atoms with E-state index in [1.54, 1.807) is 0 Å². The summed E-state index contributed by atoms with van der Waals surface area (Å²) in [6.45, 7) is 0.169. The van der Waals surface area contributed by atoms with Gasteiger partial charge in [0.25, 0.3) is 0 Å². The Bertz CT molecular complexity index is 922. The van der Waals surface area contributed by atoms with Gasteiger partial charge in [0.15, 0.2) is 0 Å². The minimum absolute atomic E-state index is 0.0119. The van der Waals surface area contributed by atoms with Gasteiger partial charge in [-0.2, -0.15) is 12.6 Å². The molecule has 1 amide bonds. The molecule has 0 aliphatic rings. The van der Waals surface area contributed by atoms with E-state index in [0.29, 0.717) is 6.42 Å². The summed E-state index contributed by atoms with van der Waals surface area (Å²) in [4.78, 5) is 24.5. The largest absolute Gasteiger partial charge is 0.459 e. The minimum atomic E-state index is -0.765. The molecule has 4 nitrogen and oxygen atoms in total. The molecule has 0 bridgehead atoms. The molecule has 0 aliphatic heterocycles. The highest BCUT2D eigenvalue weighted by molar-refractivity contribution is 7.81. The molecule has 0 saturated carbocycles. The Morgan fingerprint density at radius 1 is 0.926 bits per heavy atom. The fraction of sp³-hybridized carbons (Fsp3) is 0.182. The van der Waals surface area contributed by atoms with Crippen LogP contribution in [0.1, 0.15) is 11.1 Å². The molecule has 1 N–H and O–H groups in total. The first-order valence-corrected chi connectivity index (χ1v) is 9.38. The molecule has 0 unspecified atom stereocenters. The number of amides is 1. The molecule has 0 aromatic heterocycles. The third-order valence-corrected chi connectivity index (χ3v) is 4.58. The van der Waals surface area contributed by atoms with Crippen LogP contribution in [0.5, 0.6) is 0 Å². The van der Waals surface area contributed by atoms with Gasteiger partial charge in [0, 0.05) is 6.42 Å². The van der Waals surface area contributed by atoms with E-state index in [2.05, 4.69) is 17.9 Å². The van der Waals surface area contributed by atoms with Crippen molar-refractivity contribution in [3.05, 3.63) is 83.9 Å². The van der Waals surface area contributed by atoms with Crippen LogP contribution in [0.2, 0.25) is 0 Å². The SMILES string of the molecule is O=C(CS)N[C@@H](Cc1cccc2ccccc12)C(=O)OCc1ccccc1. The van der Waals surface area contributed by atoms with E-state index < -0.39 is 12.0 Å². The van der Waals surface area contributed by atoms with Gasteiger partial charge < -0.3 is 10.1 Å². The Kier molecular flexibility index (Phi) is 6.49. The molecule has 0 radical (unpaired) electrons. The van der Waals surface area contributed by atoms with Crippen molar-refractivity contribution < 1.29 is 14.3 Å². The third-order valence-electron chi connectivity index (χ3n) is 4.29. The summed E-state index contributed by atoms with van der Waals surface area (Å²) in [5.74, 6) is -0.750. The summed E-state index contributed by atoms with van der Waals surface area (Å²) in [5.41, 5.74) is 1.88. The van der Waals surface area contributed by atoms with Crippen molar-refractivity contribution in [1.29, 1.82) is 0 Å². The first-order valence-electron chi connectivity index (χ1n) is 8.75. The van der Waals surface area contributed by atoms with Crippen molar-refractivity contribution in [2.45, 2.75) is 19.1 Å². The lowest BCUT2D eigenvalue weighted by atomic mass is 9.98. The minimum Gasteiger partial charge on any atom is -0.459 e. The van der Waals surface area contributed by atoms with Gasteiger partial charge in [-0.1, -0.05) is 72.8 Å². The Balaban J connectivity index is 1.78. The number of fused-ring (bicyclic) bond motifs is 1. The van der Waals surface area contributed by atoms with Crippen molar-refractivity contribution in [3.63, 3.8) is 0 Å². The molecule has 0 spiro atoms. The number of carbonyl (C=O) groups excluding carboxylic acids is 2. The second kappa shape index (κ2) is 9.24. The summed E-state index contributed by atoms with van der Waals surface area (Å²) >= 11 is 3.99. The van der Waals surface area contributed by atoms with E-state index in [1.165, 1.54) is 0 Å². The summed E-state index contributed by atoms with van der Waals surface area (Å²) < 4.78 is 5.44. The van der Waals surface area contributed by atoms with Crippen LogP contribution < -0.4 is 5.32 Å². The number of thiol groups is 1. The van der Waals surface area contributed by atoms with Crippen molar-refractivity contribution in [3.8, 4) is 0 Å². The summed E-state index contributed by atoms with van der Waals surface area (Å²) in [7, 11) is 0. The number of hydrogen-bond donors (Lipinski definition) is 2. The first kappa shape index (κ1) is 19.0. The van der Waals surface area contributed by atoms with Crippen LogP contribution in [-0.4, -0.2) is 23.7 Å². The van der Waals surface area contributed by atoms with Crippen molar-refractivity contribution in [2.24, 2.45) is 0 Å². The standard InChI is InChI=1S/C22H21NO3S/c24-21(15-27)23-20(22(25)26-14-16-7-2-1-3-8-16)13-18-11-6-10-17-9-4-5-12-19(17)18/h1-12,20,27H,13-15H2,(H,23,24)/t20-/m0/s1. The average Bonchev–Trinajstić information content (AvgIpc) is 2.72. The number of benzene rings is 3. The molecule has 3 rings (SSSR count). The molecule has 0 aliphatic carbocycles. The maximum Gasteiger partial charge on any atom is 0.329 e. The Morgan fingerprint density at radius 3 is 2.41 bits per heavy atom. The van der Waals surface area contributed by atoms with Crippen molar-refractivity contribution in [1.82, 2.24) is 5.32 Å². The zero-order chi connectivity index (χ0) is 19.1. The number of hydrogen-bond acceptors (Lipinski definition) is 4. The second-order valence-corrected chi connectivity index (χ2v) is 6.53. The molecule has 0 heterocycles. The maximum absolute atomic E-state index is 12.6. The van der Waals surface area contributed by atoms with E-state index in [0.717, 1.165) is 21.9 Å². The lowest BCUT2D eigenvalue weighted by Gasteiger charge is -2.18. The van der Waals surface area contributed by atoms with Gasteiger partial charge in [0.2, 0.25) is 5.91 Å². The fourth-order valence-corrected chi connectivity index (χ4v) is 3.04. The molecule has 0 saturated heterocycles. The summed E-state index contributed by atoms with van der Waals surface area (Å²) in [6.07, 6.45) is 0.356. The van der Waals surface area contributed by atoms with E-state index in [-0.39, 0.29) is 18.3 Å². The molecular formula is C22H21NO3S. The predicted octanol–water partition coefficient (Wildman–Crippen LogP) is 3.54. The zero-order valence-corrected chi connectivity index (χ0v) is 15.7. The quantitative estimate of drug-likeness (QED) is 0.488. The topological polar surface area (TPSA) is 55.4 Å². The highest BCUT2D eigenvalue weighted by Crippen LogP contribution is 2.20. The van der Waals surface area contributed by atoms with Crippen LogP contribution in [0.25, 0.3) is 10.8 Å². The lowest BCUT2D eigenvalue weighted by molar-refractivity contribution is -0.148. The fourth-order valence-electron chi connectivity index (χ4n) is 2.95. The van der Waals surface area contributed by atoms with Crippen LogP contribution in [0.3, 0.4) is 0 Å². The van der Waals surface area contributed by atoms with E-state index >= 15 is 0 Å². The first-order chi connectivity index (χ1) is 13.2. The lowest BCUT2D eigenvalue weighted by Crippen LogP contribution is -2.44. The predicted molar refractivity (Wildman–Crippen MR) is 110 cm³/mol. The van der Waals surface area contributed by atoms with Gasteiger partial charge in [-0.3, -0.25) is 4.79 Å². The van der Waals surface area contributed by atoms with Gasteiger partial charge in [-0.05, 0) is 21.9 Å². The van der Waals surface area contributed by atoms with Crippen LogP contribution >= 0.6 is 12.6 Å². The molecule has 27 heavy (non-hydrogen) atoms. The molecule has 3 aromatic rings. The highest BCUT2D eigenvalue weighted by atomic mass is 32.1.